The summed E-state index contributed by atoms with van der Waals surface area (Å²) in [6, 6.07) is 3.46. The van der Waals surface area contributed by atoms with Gasteiger partial charge in [0.05, 0.1) is 7.11 Å². The van der Waals surface area contributed by atoms with Crippen molar-refractivity contribution in [3.63, 3.8) is 0 Å². The van der Waals surface area contributed by atoms with Crippen LogP contribution < -0.4 is 9.80 Å². The minimum atomic E-state index is -3.76. The zero-order chi connectivity index (χ0) is 21.3. The summed E-state index contributed by atoms with van der Waals surface area (Å²) in [5.41, 5.74) is 0. The van der Waals surface area contributed by atoms with Crippen LogP contribution in [-0.2, 0) is 14.8 Å². The van der Waals surface area contributed by atoms with Gasteiger partial charge in [0, 0.05) is 45.3 Å². The maximum atomic E-state index is 13.1. The number of anilines is 2. The molecule has 2 aliphatic heterocycles. The molecule has 0 bridgehead atoms. The molecule has 0 aliphatic carbocycles. The zero-order valence-electron chi connectivity index (χ0n) is 17.1. The average Bonchev–Trinajstić information content (AvgIpc) is 3.45. The van der Waals surface area contributed by atoms with Gasteiger partial charge in [-0.15, -0.1) is 11.3 Å². The van der Waals surface area contributed by atoms with Crippen LogP contribution in [0, 0.1) is 6.92 Å². The molecule has 0 atom stereocenters. The topological polar surface area (TPSA) is 95.9 Å². The number of methoxy groups -OCH3 is 1. The third-order valence-electron chi connectivity index (χ3n) is 5.42. The van der Waals surface area contributed by atoms with Crippen LogP contribution >= 0.6 is 11.3 Å². The van der Waals surface area contributed by atoms with Gasteiger partial charge in [-0.2, -0.15) is 4.31 Å². The minimum absolute atomic E-state index is 0.0157. The molecule has 2 aromatic heterocycles. The molecule has 0 radical (unpaired) electrons. The largest absolute Gasteiger partial charge is 0.465 e. The summed E-state index contributed by atoms with van der Waals surface area (Å²) in [4.78, 5) is 25.5. The number of hydrogen-bond acceptors (Lipinski definition) is 9. The summed E-state index contributed by atoms with van der Waals surface area (Å²) in [7, 11) is -2.52. The monoisotopic (exact) mass is 451 g/mol. The first-order chi connectivity index (χ1) is 14.4. The Balaban J connectivity index is 1.49. The van der Waals surface area contributed by atoms with Crippen molar-refractivity contribution in [2.45, 2.75) is 24.7 Å². The Morgan fingerprint density at radius 3 is 2.23 bits per heavy atom. The Labute approximate surface area is 180 Å². The van der Waals surface area contributed by atoms with Crippen LogP contribution in [0.5, 0.6) is 0 Å². The molecule has 2 aliphatic rings. The lowest BCUT2D eigenvalue weighted by Gasteiger charge is -2.35. The molecule has 2 fully saturated rings. The molecule has 0 saturated carbocycles. The molecule has 2 saturated heterocycles. The molecule has 0 aromatic carbocycles. The van der Waals surface area contributed by atoms with Gasteiger partial charge in [0.25, 0.3) is 0 Å². The third kappa shape index (κ3) is 4.01. The van der Waals surface area contributed by atoms with E-state index in [9.17, 15) is 13.2 Å². The fourth-order valence-corrected chi connectivity index (χ4v) is 6.58. The summed E-state index contributed by atoms with van der Waals surface area (Å²) < 4.78 is 32.3. The molecule has 0 N–H and O–H groups in total. The van der Waals surface area contributed by atoms with Crippen molar-refractivity contribution >= 4 is 39.0 Å². The van der Waals surface area contributed by atoms with Gasteiger partial charge in [0.1, 0.15) is 27.2 Å². The standard InChI is InChI=1S/C19H25N5O4S2/c1-14-20-16(22-6-3-4-7-22)13-17(21-14)23-8-10-24(11-9-23)30(26,27)15-5-12-29-18(15)19(25)28-2/h5,12-13H,3-4,6-11H2,1-2H3. The van der Waals surface area contributed by atoms with E-state index >= 15 is 0 Å². The molecular weight excluding hydrogens is 426 g/mol. The molecule has 4 heterocycles. The van der Waals surface area contributed by atoms with Crippen LogP contribution in [-0.4, -0.2) is 75.0 Å². The Bertz CT molecular complexity index is 1030. The van der Waals surface area contributed by atoms with Gasteiger partial charge in [0.2, 0.25) is 10.0 Å². The Morgan fingerprint density at radius 1 is 1.03 bits per heavy atom. The van der Waals surface area contributed by atoms with Crippen molar-refractivity contribution in [3.8, 4) is 0 Å². The lowest BCUT2D eigenvalue weighted by molar-refractivity contribution is 0.0602. The molecule has 2 aromatic rings. The van der Waals surface area contributed by atoms with E-state index in [0.29, 0.717) is 32.0 Å². The Hall–Kier alpha value is -2.24. The van der Waals surface area contributed by atoms with E-state index in [1.165, 1.54) is 30.3 Å². The van der Waals surface area contributed by atoms with Crippen molar-refractivity contribution in [1.82, 2.24) is 14.3 Å². The van der Waals surface area contributed by atoms with Crippen molar-refractivity contribution in [2.24, 2.45) is 0 Å². The highest BCUT2D eigenvalue weighted by Crippen LogP contribution is 2.28. The summed E-state index contributed by atoms with van der Waals surface area (Å²) in [6.45, 7) is 5.58. The van der Waals surface area contributed by atoms with Crippen molar-refractivity contribution in [1.29, 1.82) is 0 Å². The van der Waals surface area contributed by atoms with Crippen molar-refractivity contribution in [2.75, 3.05) is 56.2 Å². The van der Waals surface area contributed by atoms with Gasteiger partial charge in [-0.25, -0.2) is 23.2 Å². The first-order valence-corrected chi connectivity index (χ1v) is 12.2. The number of carbonyl (C=O) groups excluding carboxylic acids is 1. The minimum Gasteiger partial charge on any atom is -0.465 e. The number of thiophene rings is 1. The van der Waals surface area contributed by atoms with Gasteiger partial charge in [0.15, 0.2) is 0 Å². The van der Waals surface area contributed by atoms with E-state index in [0.717, 1.165) is 36.1 Å². The van der Waals surface area contributed by atoms with E-state index in [2.05, 4.69) is 19.8 Å². The summed E-state index contributed by atoms with van der Waals surface area (Å²) in [5.74, 6) is 1.84. The van der Waals surface area contributed by atoms with E-state index in [4.69, 9.17) is 4.74 Å². The number of nitrogens with zero attached hydrogens (tertiary/aromatic N) is 5. The van der Waals surface area contributed by atoms with Crippen LogP contribution in [0.2, 0.25) is 0 Å². The SMILES string of the molecule is COC(=O)c1sccc1S(=O)(=O)N1CCN(c2cc(N3CCCC3)nc(C)n2)CC1. The smallest absolute Gasteiger partial charge is 0.349 e. The molecule has 9 nitrogen and oxygen atoms in total. The number of rotatable bonds is 5. The van der Waals surface area contributed by atoms with Gasteiger partial charge in [-0.3, -0.25) is 0 Å². The zero-order valence-corrected chi connectivity index (χ0v) is 18.7. The van der Waals surface area contributed by atoms with Crippen molar-refractivity contribution < 1.29 is 17.9 Å². The molecule has 0 unspecified atom stereocenters. The molecule has 0 amide bonds. The lowest BCUT2D eigenvalue weighted by atomic mass is 10.3. The number of piperazine rings is 1. The van der Waals surface area contributed by atoms with Crippen LogP contribution in [0.3, 0.4) is 0 Å². The number of ether oxygens (including phenoxy) is 1. The number of aryl methyl sites for hydroxylation is 1. The normalized spacial score (nSPS) is 18.1. The van der Waals surface area contributed by atoms with E-state index in [1.54, 1.807) is 5.38 Å². The highest BCUT2D eigenvalue weighted by atomic mass is 32.2. The summed E-state index contributed by atoms with van der Waals surface area (Å²) in [5, 5.41) is 1.60. The van der Waals surface area contributed by atoms with E-state index < -0.39 is 16.0 Å². The maximum Gasteiger partial charge on any atom is 0.349 e. The number of esters is 1. The van der Waals surface area contributed by atoms with Gasteiger partial charge >= 0.3 is 5.97 Å². The number of aromatic nitrogens is 2. The van der Waals surface area contributed by atoms with Crippen LogP contribution in [0.1, 0.15) is 28.3 Å². The number of sulfonamides is 1. The van der Waals surface area contributed by atoms with Gasteiger partial charge in [-0.05, 0) is 31.2 Å². The predicted molar refractivity (Wildman–Crippen MR) is 115 cm³/mol. The second-order valence-electron chi connectivity index (χ2n) is 7.32. The molecule has 11 heteroatoms. The first-order valence-electron chi connectivity index (χ1n) is 9.91. The van der Waals surface area contributed by atoms with Crippen LogP contribution in [0.25, 0.3) is 0 Å². The van der Waals surface area contributed by atoms with Crippen LogP contribution in [0.4, 0.5) is 11.6 Å². The second kappa shape index (κ2) is 8.48. The predicted octanol–water partition coefficient (Wildman–Crippen LogP) is 1.74. The number of carbonyl (C=O) groups is 1. The summed E-state index contributed by atoms with van der Waals surface area (Å²) >= 11 is 1.07. The third-order valence-corrected chi connectivity index (χ3v) is 8.39. The van der Waals surface area contributed by atoms with Crippen LogP contribution in [0.15, 0.2) is 22.4 Å². The highest BCUT2D eigenvalue weighted by Gasteiger charge is 2.33. The highest BCUT2D eigenvalue weighted by molar-refractivity contribution is 7.89. The Morgan fingerprint density at radius 2 is 1.63 bits per heavy atom. The average molecular weight is 452 g/mol. The fourth-order valence-electron chi connectivity index (χ4n) is 3.85. The summed E-state index contributed by atoms with van der Waals surface area (Å²) in [6.07, 6.45) is 2.34. The molecular formula is C19H25N5O4S2. The maximum absolute atomic E-state index is 13.1. The first kappa shape index (κ1) is 21.0. The van der Waals surface area contributed by atoms with E-state index in [-0.39, 0.29) is 9.77 Å². The molecule has 4 rings (SSSR count). The van der Waals surface area contributed by atoms with Crippen molar-refractivity contribution in [3.05, 3.63) is 28.2 Å². The molecule has 30 heavy (non-hydrogen) atoms. The fraction of sp³-hybridized carbons (Fsp3) is 0.526. The quantitative estimate of drug-likeness (QED) is 0.635. The number of hydrogen-bond donors (Lipinski definition) is 0. The van der Waals surface area contributed by atoms with Gasteiger partial charge < -0.3 is 14.5 Å². The van der Waals surface area contributed by atoms with Gasteiger partial charge in [-0.1, -0.05) is 0 Å². The molecule has 162 valence electrons. The molecule has 0 spiro atoms. The lowest BCUT2D eigenvalue weighted by Crippen LogP contribution is -2.49. The van der Waals surface area contributed by atoms with E-state index in [1.807, 2.05) is 13.0 Å². The second-order valence-corrected chi connectivity index (χ2v) is 10.1. The Kier molecular flexibility index (Phi) is 5.94.